The molecular formula is C19H20O2. The summed E-state index contributed by atoms with van der Waals surface area (Å²) in [5.74, 6) is 1.30. The first-order chi connectivity index (χ1) is 10.1. The lowest BCUT2D eigenvalue weighted by molar-refractivity contribution is 0.104. The molecular weight excluding hydrogens is 260 g/mol. The number of hydrogen-bond acceptors (Lipinski definition) is 2. The second-order valence-electron chi connectivity index (χ2n) is 5.25. The van der Waals surface area contributed by atoms with Gasteiger partial charge in [0.2, 0.25) is 0 Å². The van der Waals surface area contributed by atoms with E-state index in [0.717, 1.165) is 11.3 Å². The van der Waals surface area contributed by atoms with Crippen LogP contribution in [0, 0.1) is 0 Å². The highest BCUT2D eigenvalue weighted by Crippen LogP contribution is 2.16. The van der Waals surface area contributed by atoms with E-state index in [1.807, 2.05) is 54.6 Å². The van der Waals surface area contributed by atoms with Gasteiger partial charge in [-0.05, 0) is 35.3 Å². The number of ketones is 1. The summed E-state index contributed by atoms with van der Waals surface area (Å²) in [6.07, 6.45) is 3.42. The lowest BCUT2D eigenvalue weighted by Gasteiger charge is -2.05. The maximum absolute atomic E-state index is 12.1. The summed E-state index contributed by atoms with van der Waals surface area (Å²) in [7, 11) is 1.63. The summed E-state index contributed by atoms with van der Waals surface area (Å²) in [4.78, 5) is 12.1. The molecule has 0 aromatic heterocycles. The number of hydrogen-bond donors (Lipinski definition) is 0. The SMILES string of the molecule is COc1ccc(C=CC(=O)c2ccc(C(C)C)cc2)cc1. The topological polar surface area (TPSA) is 26.3 Å². The molecule has 0 aliphatic rings. The molecule has 0 amide bonds. The van der Waals surface area contributed by atoms with E-state index in [9.17, 15) is 4.79 Å². The molecule has 0 bridgehead atoms. The van der Waals surface area contributed by atoms with Crippen LogP contribution in [0.25, 0.3) is 6.08 Å². The monoisotopic (exact) mass is 280 g/mol. The zero-order valence-electron chi connectivity index (χ0n) is 12.7. The van der Waals surface area contributed by atoms with E-state index in [0.29, 0.717) is 11.5 Å². The molecule has 108 valence electrons. The minimum Gasteiger partial charge on any atom is -0.497 e. The van der Waals surface area contributed by atoms with Gasteiger partial charge < -0.3 is 4.74 Å². The lowest BCUT2D eigenvalue weighted by Crippen LogP contribution is -1.95. The predicted octanol–water partition coefficient (Wildman–Crippen LogP) is 4.71. The van der Waals surface area contributed by atoms with Gasteiger partial charge in [0, 0.05) is 5.56 Å². The fourth-order valence-corrected chi connectivity index (χ4v) is 2.02. The van der Waals surface area contributed by atoms with Crippen molar-refractivity contribution in [3.8, 4) is 5.75 Å². The van der Waals surface area contributed by atoms with Crippen LogP contribution < -0.4 is 4.74 Å². The van der Waals surface area contributed by atoms with Gasteiger partial charge in [0.15, 0.2) is 5.78 Å². The van der Waals surface area contributed by atoms with Crippen LogP contribution in [0.5, 0.6) is 5.75 Å². The molecule has 0 atom stereocenters. The standard InChI is InChI=1S/C19H20O2/c1-14(2)16-7-9-17(10-8-16)19(20)13-6-15-4-11-18(21-3)12-5-15/h4-14H,1-3H3. The van der Waals surface area contributed by atoms with Crippen LogP contribution in [0.15, 0.2) is 54.6 Å². The molecule has 0 N–H and O–H groups in total. The third-order valence-electron chi connectivity index (χ3n) is 3.40. The van der Waals surface area contributed by atoms with E-state index in [1.165, 1.54) is 5.56 Å². The fourth-order valence-electron chi connectivity index (χ4n) is 2.02. The van der Waals surface area contributed by atoms with Gasteiger partial charge in [0.05, 0.1) is 7.11 Å². The largest absolute Gasteiger partial charge is 0.497 e. The quantitative estimate of drug-likeness (QED) is 0.585. The van der Waals surface area contributed by atoms with Gasteiger partial charge in [0.1, 0.15) is 5.75 Å². The molecule has 2 aromatic rings. The third-order valence-corrected chi connectivity index (χ3v) is 3.40. The van der Waals surface area contributed by atoms with Crippen LogP contribution in [0.2, 0.25) is 0 Å². The summed E-state index contributed by atoms with van der Waals surface area (Å²) < 4.78 is 5.10. The second-order valence-corrected chi connectivity index (χ2v) is 5.25. The van der Waals surface area contributed by atoms with Crippen LogP contribution in [0.4, 0.5) is 0 Å². The van der Waals surface area contributed by atoms with Crippen molar-refractivity contribution in [1.29, 1.82) is 0 Å². The van der Waals surface area contributed by atoms with Crippen molar-refractivity contribution in [2.45, 2.75) is 19.8 Å². The lowest BCUT2D eigenvalue weighted by atomic mass is 10.0. The van der Waals surface area contributed by atoms with Gasteiger partial charge in [-0.25, -0.2) is 0 Å². The van der Waals surface area contributed by atoms with Crippen LogP contribution in [-0.4, -0.2) is 12.9 Å². The summed E-state index contributed by atoms with van der Waals surface area (Å²) in [6.45, 7) is 4.28. The van der Waals surface area contributed by atoms with Gasteiger partial charge in [0.25, 0.3) is 0 Å². The molecule has 2 nitrogen and oxygen atoms in total. The molecule has 0 radical (unpaired) electrons. The van der Waals surface area contributed by atoms with Gasteiger partial charge in [-0.1, -0.05) is 56.3 Å². The average Bonchev–Trinajstić information content (AvgIpc) is 2.53. The number of allylic oxidation sites excluding steroid dienone is 1. The minimum absolute atomic E-state index is 0.0149. The maximum Gasteiger partial charge on any atom is 0.185 e. The molecule has 0 heterocycles. The highest BCUT2D eigenvalue weighted by atomic mass is 16.5. The van der Waals surface area contributed by atoms with Crippen LogP contribution >= 0.6 is 0 Å². The minimum atomic E-state index is 0.0149. The van der Waals surface area contributed by atoms with E-state index in [-0.39, 0.29) is 5.78 Å². The Hall–Kier alpha value is -2.35. The van der Waals surface area contributed by atoms with Crippen molar-refractivity contribution in [1.82, 2.24) is 0 Å². The van der Waals surface area contributed by atoms with Gasteiger partial charge in [-0.2, -0.15) is 0 Å². The van der Waals surface area contributed by atoms with E-state index >= 15 is 0 Å². The Morgan fingerprint density at radius 2 is 1.62 bits per heavy atom. The highest BCUT2D eigenvalue weighted by Gasteiger charge is 2.03. The zero-order valence-corrected chi connectivity index (χ0v) is 12.7. The van der Waals surface area contributed by atoms with Crippen molar-refractivity contribution < 1.29 is 9.53 Å². The average molecular weight is 280 g/mol. The molecule has 0 fully saturated rings. The summed E-state index contributed by atoms with van der Waals surface area (Å²) in [5, 5.41) is 0. The molecule has 0 aliphatic carbocycles. The Bertz CT molecular complexity index is 620. The Labute approximate surface area is 126 Å². The Kier molecular flexibility index (Phi) is 4.94. The third kappa shape index (κ3) is 4.06. The Morgan fingerprint density at radius 3 is 2.14 bits per heavy atom. The Morgan fingerprint density at radius 1 is 1.00 bits per heavy atom. The van der Waals surface area contributed by atoms with Crippen molar-refractivity contribution >= 4 is 11.9 Å². The summed E-state index contributed by atoms with van der Waals surface area (Å²) in [5.41, 5.74) is 2.93. The predicted molar refractivity (Wildman–Crippen MR) is 86.9 cm³/mol. The number of ether oxygens (including phenoxy) is 1. The first-order valence-electron chi connectivity index (χ1n) is 7.06. The van der Waals surface area contributed by atoms with Gasteiger partial charge in [-0.3, -0.25) is 4.79 Å². The first-order valence-corrected chi connectivity index (χ1v) is 7.06. The number of benzene rings is 2. The number of carbonyl (C=O) groups excluding carboxylic acids is 1. The smallest absolute Gasteiger partial charge is 0.185 e. The molecule has 0 spiro atoms. The van der Waals surface area contributed by atoms with Crippen LogP contribution in [0.1, 0.15) is 41.3 Å². The van der Waals surface area contributed by atoms with Crippen molar-refractivity contribution in [2.24, 2.45) is 0 Å². The van der Waals surface area contributed by atoms with Crippen molar-refractivity contribution in [3.63, 3.8) is 0 Å². The molecule has 0 unspecified atom stereocenters. The van der Waals surface area contributed by atoms with E-state index < -0.39 is 0 Å². The van der Waals surface area contributed by atoms with Crippen LogP contribution in [0.3, 0.4) is 0 Å². The molecule has 0 aliphatic heterocycles. The highest BCUT2D eigenvalue weighted by molar-refractivity contribution is 6.06. The van der Waals surface area contributed by atoms with E-state index in [1.54, 1.807) is 13.2 Å². The van der Waals surface area contributed by atoms with E-state index in [4.69, 9.17) is 4.74 Å². The summed E-state index contributed by atoms with van der Waals surface area (Å²) >= 11 is 0. The van der Waals surface area contributed by atoms with Gasteiger partial charge >= 0.3 is 0 Å². The normalized spacial score (nSPS) is 11.0. The zero-order chi connectivity index (χ0) is 15.2. The second kappa shape index (κ2) is 6.89. The Balaban J connectivity index is 2.07. The van der Waals surface area contributed by atoms with Crippen LogP contribution in [-0.2, 0) is 0 Å². The first kappa shape index (κ1) is 15.0. The number of methoxy groups -OCH3 is 1. The number of rotatable bonds is 5. The van der Waals surface area contributed by atoms with E-state index in [2.05, 4.69) is 13.8 Å². The molecule has 0 saturated carbocycles. The number of carbonyl (C=O) groups is 1. The fraction of sp³-hybridized carbons (Fsp3) is 0.211. The molecule has 2 aromatic carbocycles. The maximum atomic E-state index is 12.1. The van der Waals surface area contributed by atoms with Gasteiger partial charge in [-0.15, -0.1) is 0 Å². The van der Waals surface area contributed by atoms with Crippen molar-refractivity contribution in [3.05, 3.63) is 71.3 Å². The van der Waals surface area contributed by atoms with Crippen molar-refractivity contribution in [2.75, 3.05) is 7.11 Å². The molecule has 21 heavy (non-hydrogen) atoms. The molecule has 0 saturated heterocycles. The molecule has 2 rings (SSSR count). The summed E-state index contributed by atoms with van der Waals surface area (Å²) in [6, 6.07) is 15.4. The molecule has 2 heteroatoms.